The first kappa shape index (κ1) is 14.5. The summed E-state index contributed by atoms with van der Waals surface area (Å²) in [6.07, 6.45) is 6.49. The number of rotatable bonds is 6. The summed E-state index contributed by atoms with van der Waals surface area (Å²) < 4.78 is 0. The zero-order valence-electron chi connectivity index (χ0n) is 12.7. The molecule has 0 fully saturated rings. The van der Waals surface area contributed by atoms with E-state index in [1.807, 2.05) is 0 Å². The lowest BCUT2D eigenvalue weighted by atomic mass is 9.89. The Morgan fingerprint density at radius 2 is 1.89 bits per heavy atom. The van der Waals surface area contributed by atoms with Crippen molar-refractivity contribution in [2.45, 2.75) is 45.1 Å². The first-order chi connectivity index (χ1) is 9.16. The highest BCUT2D eigenvalue weighted by atomic mass is 15.1. The minimum absolute atomic E-state index is 0.467. The Hall–Kier alpha value is -0.860. The molecule has 0 aromatic heterocycles. The van der Waals surface area contributed by atoms with Crippen molar-refractivity contribution in [3.05, 3.63) is 34.9 Å². The number of fused-ring (bicyclic) bond motifs is 1. The summed E-state index contributed by atoms with van der Waals surface area (Å²) in [5.41, 5.74) is 4.62. The van der Waals surface area contributed by atoms with E-state index in [-0.39, 0.29) is 0 Å². The van der Waals surface area contributed by atoms with Crippen LogP contribution in [0.25, 0.3) is 0 Å². The Morgan fingerprint density at radius 1 is 1.16 bits per heavy atom. The summed E-state index contributed by atoms with van der Waals surface area (Å²) >= 11 is 0. The minimum atomic E-state index is 0.467. The van der Waals surface area contributed by atoms with Crippen molar-refractivity contribution in [2.24, 2.45) is 0 Å². The molecule has 0 saturated carbocycles. The van der Waals surface area contributed by atoms with Crippen LogP contribution in [0.5, 0.6) is 0 Å². The molecule has 19 heavy (non-hydrogen) atoms. The maximum absolute atomic E-state index is 3.63. The predicted octanol–water partition coefficient (Wildman–Crippen LogP) is 3.17. The third-order valence-electron chi connectivity index (χ3n) is 4.11. The fourth-order valence-corrected chi connectivity index (χ4v) is 2.85. The first-order valence-electron chi connectivity index (χ1n) is 7.66. The Bertz CT molecular complexity index is 398. The van der Waals surface area contributed by atoms with Crippen LogP contribution >= 0.6 is 0 Å². The van der Waals surface area contributed by atoms with Crippen LogP contribution in [0.3, 0.4) is 0 Å². The van der Waals surface area contributed by atoms with Crippen molar-refractivity contribution < 1.29 is 0 Å². The lowest BCUT2D eigenvalue weighted by Crippen LogP contribution is -2.24. The lowest BCUT2D eigenvalue weighted by Gasteiger charge is -2.20. The fraction of sp³-hybridized carbons (Fsp3) is 0.647. The van der Waals surface area contributed by atoms with Gasteiger partial charge in [-0.25, -0.2) is 0 Å². The van der Waals surface area contributed by atoms with Gasteiger partial charge >= 0.3 is 0 Å². The van der Waals surface area contributed by atoms with E-state index in [1.165, 1.54) is 37.7 Å². The third-order valence-corrected chi connectivity index (χ3v) is 4.11. The highest BCUT2D eigenvalue weighted by Crippen LogP contribution is 2.24. The fourth-order valence-electron chi connectivity index (χ4n) is 2.85. The smallest absolute Gasteiger partial charge is 0.0291 e. The average Bonchev–Trinajstić information content (AvgIpc) is 2.42. The van der Waals surface area contributed by atoms with Crippen LogP contribution in [0.1, 0.15) is 48.9 Å². The highest BCUT2D eigenvalue weighted by Gasteiger charge is 2.11. The predicted molar refractivity (Wildman–Crippen MR) is 82.7 cm³/mol. The summed E-state index contributed by atoms with van der Waals surface area (Å²) in [6.45, 7) is 4.53. The van der Waals surface area contributed by atoms with Crippen molar-refractivity contribution in [3.8, 4) is 0 Å². The third kappa shape index (κ3) is 4.32. The number of hydrogen-bond acceptors (Lipinski definition) is 2. The molecule has 0 radical (unpaired) electrons. The molecular weight excluding hydrogens is 232 g/mol. The molecule has 1 atom stereocenters. The van der Waals surface area contributed by atoms with Crippen molar-refractivity contribution >= 4 is 0 Å². The van der Waals surface area contributed by atoms with Crippen LogP contribution in [-0.4, -0.2) is 32.1 Å². The number of aryl methyl sites for hydroxylation is 2. The van der Waals surface area contributed by atoms with E-state index >= 15 is 0 Å². The van der Waals surface area contributed by atoms with Gasteiger partial charge in [-0.05, 0) is 82.9 Å². The standard InChI is InChI=1S/C17H28N2/c1-14(18-11-6-12-19(2)3)16-10-9-15-7-4-5-8-17(15)13-16/h9-10,13-14,18H,4-8,11-12H2,1-3H3. The molecule has 0 saturated heterocycles. The first-order valence-corrected chi connectivity index (χ1v) is 7.66. The zero-order chi connectivity index (χ0) is 13.7. The highest BCUT2D eigenvalue weighted by molar-refractivity contribution is 5.35. The summed E-state index contributed by atoms with van der Waals surface area (Å²) in [5.74, 6) is 0. The van der Waals surface area contributed by atoms with Crippen LogP contribution in [0.2, 0.25) is 0 Å². The van der Waals surface area contributed by atoms with Crippen LogP contribution in [0, 0.1) is 0 Å². The van der Waals surface area contributed by atoms with Gasteiger partial charge in [0.05, 0.1) is 0 Å². The molecule has 0 amide bonds. The second kappa shape index (κ2) is 7.06. The van der Waals surface area contributed by atoms with Gasteiger partial charge < -0.3 is 10.2 Å². The van der Waals surface area contributed by atoms with Gasteiger partial charge in [-0.3, -0.25) is 0 Å². The van der Waals surface area contributed by atoms with Gasteiger partial charge in [0, 0.05) is 6.04 Å². The van der Waals surface area contributed by atoms with Gasteiger partial charge in [-0.2, -0.15) is 0 Å². The van der Waals surface area contributed by atoms with E-state index in [4.69, 9.17) is 0 Å². The van der Waals surface area contributed by atoms with Gasteiger partial charge in [0.1, 0.15) is 0 Å². The average molecular weight is 260 g/mol. The Morgan fingerprint density at radius 3 is 2.63 bits per heavy atom. The summed E-state index contributed by atoms with van der Waals surface area (Å²) in [6, 6.07) is 7.56. The number of benzene rings is 1. The van der Waals surface area contributed by atoms with Gasteiger partial charge in [-0.15, -0.1) is 0 Å². The zero-order valence-corrected chi connectivity index (χ0v) is 12.7. The molecule has 1 unspecified atom stereocenters. The monoisotopic (exact) mass is 260 g/mol. The molecule has 2 rings (SSSR count). The van der Waals surface area contributed by atoms with Crippen LogP contribution in [-0.2, 0) is 12.8 Å². The van der Waals surface area contributed by atoms with Gasteiger partial charge in [0.25, 0.3) is 0 Å². The molecule has 2 nitrogen and oxygen atoms in total. The molecule has 2 heteroatoms. The molecule has 0 bridgehead atoms. The summed E-state index contributed by atoms with van der Waals surface area (Å²) in [4.78, 5) is 2.24. The topological polar surface area (TPSA) is 15.3 Å². The van der Waals surface area contributed by atoms with Crippen molar-refractivity contribution in [3.63, 3.8) is 0 Å². The van der Waals surface area contributed by atoms with Crippen molar-refractivity contribution in [1.82, 2.24) is 10.2 Å². The summed E-state index contributed by atoms with van der Waals surface area (Å²) in [7, 11) is 4.26. The summed E-state index contributed by atoms with van der Waals surface area (Å²) in [5, 5.41) is 3.63. The molecule has 1 aromatic rings. The van der Waals surface area contributed by atoms with Crippen molar-refractivity contribution in [1.29, 1.82) is 0 Å². The SMILES string of the molecule is CC(NCCCN(C)C)c1ccc2c(c1)CCCC2. The van der Waals surface area contributed by atoms with E-state index < -0.39 is 0 Å². The Balaban J connectivity index is 1.86. The van der Waals surface area contributed by atoms with Gasteiger partial charge in [-0.1, -0.05) is 18.2 Å². The maximum atomic E-state index is 3.63. The molecule has 0 spiro atoms. The van der Waals surface area contributed by atoms with E-state index in [0.29, 0.717) is 6.04 Å². The largest absolute Gasteiger partial charge is 0.310 e. The molecule has 1 N–H and O–H groups in total. The number of nitrogens with zero attached hydrogens (tertiary/aromatic N) is 1. The molecule has 106 valence electrons. The molecular formula is C17H28N2. The van der Waals surface area contributed by atoms with E-state index in [9.17, 15) is 0 Å². The normalized spacial score (nSPS) is 16.4. The second-order valence-corrected chi connectivity index (χ2v) is 6.07. The quantitative estimate of drug-likeness (QED) is 0.790. The van der Waals surface area contributed by atoms with Crippen molar-refractivity contribution in [2.75, 3.05) is 27.2 Å². The number of hydrogen-bond donors (Lipinski definition) is 1. The minimum Gasteiger partial charge on any atom is -0.310 e. The van der Waals surface area contributed by atoms with Crippen LogP contribution in [0.4, 0.5) is 0 Å². The lowest BCUT2D eigenvalue weighted by molar-refractivity contribution is 0.389. The molecule has 1 aliphatic carbocycles. The van der Waals surface area contributed by atoms with Gasteiger partial charge in [0.15, 0.2) is 0 Å². The van der Waals surface area contributed by atoms with Crippen LogP contribution < -0.4 is 5.32 Å². The molecule has 0 heterocycles. The molecule has 0 aliphatic heterocycles. The maximum Gasteiger partial charge on any atom is 0.0291 e. The van der Waals surface area contributed by atoms with E-state index in [0.717, 1.165) is 13.1 Å². The van der Waals surface area contributed by atoms with E-state index in [1.54, 1.807) is 11.1 Å². The number of nitrogens with one attached hydrogen (secondary N) is 1. The van der Waals surface area contributed by atoms with Crippen LogP contribution in [0.15, 0.2) is 18.2 Å². The Kier molecular flexibility index (Phi) is 5.41. The van der Waals surface area contributed by atoms with E-state index in [2.05, 4.69) is 49.4 Å². The Labute approximate surface area is 118 Å². The second-order valence-electron chi connectivity index (χ2n) is 6.07. The molecule has 1 aliphatic rings. The molecule has 1 aromatic carbocycles. The van der Waals surface area contributed by atoms with Gasteiger partial charge in [0.2, 0.25) is 0 Å².